The zero-order valence-corrected chi connectivity index (χ0v) is 12.9. The highest BCUT2D eigenvalue weighted by atomic mass is 16.4. The van der Waals surface area contributed by atoms with E-state index in [-0.39, 0.29) is 0 Å². The Morgan fingerprint density at radius 1 is 1.24 bits per heavy atom. The van der Waals surface area contributed by atoms with E-state index >= 15 is 0 Å². The van der Waals surface area contributed by atoms with Gasteiger partial charge in [0.2, 0.25) is 0 Å². The number of rotatable bonds is 3. The van der Waals surface area contributed by atoms with Crippen LogP contribution in [0.3, 0.4) is 0 Å². The van der Waals surface area contributed by atoms with Crippen LogP contribution < -0.4 is 4.90 Å². The van der Waals surface area contributed by atoms with Gasteiger partial charge in [0.05, 0.1) is 5.41 Å². The number of fused-ring (bicyclic) bond motifs is 1. The van der Waals surface area contributed by atoms with E-state index in [1.807, 2.05) is 0 Å². The van der Waals surface area contributed by atoms with Crippen LogP contribution in [-0.2, 0) is 11.2 Å². The minimum absolute atomic E-state index is 0.530. The van der Waals surface area contributed by atoms with E-state index < -0.39 is 11.4 Å². The van der Waals surface area contributed by atoms with Crippen molar-refractivity contribution in [2.24, 2.45) is 5.41 Å². The van der Waals surface area contributed by atoms with E-state index in [4.69, 9.17) is 0 Å². The molecule has 1 saturated carbocycles. The number of carboxylic acids is 1. The lowest BCUT2D eigenvalue weighted by atomic mass is 9.73. The Kier molecular flexibility index (Phi) is 3.92. The first kappa shape index (κ1) is 14.4. The lowest BCUT2D eigenvalue weighted by molar-refractivity contribution is -0.150. The van der Waals surface area contributed by atoms with Crippen LogP contribution in [0.5, 0.6) is 0 Å². The molecule has 0 aromatic heterocycles. The van der Waals surface area contributed by atoms with Crippen LogP contribution in [-0.4, -0.2) is 24.2 Å². The van der Waals surface area contributed by atoms with E-state index in [1.165, 1.54) is 23.2 Å². The van der Waals surface area contributed by atoms with E-state index in [0.29, 0.717) is 6.54 Å². The van der Waals surface area contributed by atoms with Crippen molar-refractivity contribution in [1.29, 1.82) is 0 Å². The molecule has 3 rings (SSSR count). The number of anilines is 1. The molecule has 3 heteroatoms. The van der Waals surface area contributed by atoms with Gasteiger partial charge in [0, 0.05) is 18.8 Å². The summed E-state index contributed by atoms with van der Waals surface area (Å²) in [6.45, 7) is 3.79. The van der Waals surface area contributed by atoms with Crippen molar-refractivity contribution in [3.8, 4) is 0 Å². The molecule has 1 aliphatic heterocycles. The Morgan fingerprint density at radius 2 is 2.00 bits per heavy atom. The number of hydrogen-bond donors (Lipinski definition) is 1. The monoisotopic (exact) mass is 287 g/mol. The van der Waals surface area contributed by atoms with Crippen LogP contribution in [0.1, 0.15) is 49.7 Å². The van der Waals surface area contributed by atoms with Crippen molar-refractivity contribution in [1.82, 2.24) is 0 Å². The molecule has 3 nitrogen and oxygen atoms in total. The summed E-state index contributed by atoms with van der Waals surface area (Å²) in [6, 6.07) is 6.59. The van der Waals surface area contributed by atoms with Gasteiger partial charge in [-0.2, -0.15) is 0 Å². The predicted octanol–water partition coefficient (Wildman–Crippen LogP) is 3.78. The molecule has 1 aromatic rings. The summed E-state index contributed by atoms with van der Waals surface area (Å²) in [4.78, 5) is 14.2. The van der Waals surface area contributed by atoms with Gasteiger partial charge in [0.25, 0.3) is 0 Å². The topological polar surface area (TPSA) is 40.5 Å². The van der Waals surface area contributed by atoms with E-state index in [0.717, 1.165) is 45.1 Å². The van der Waals surface area contributed by atoms with Crippen LogP contribution in [0.4, 0.5) is 5.69 Å². The molecule has 1 heterocycles. The summed E-state index contributed by atoms with van der Waals surface area (Å²) in [7, 11) is 0. The third-order valence-electron chi connectivity index (χ3n) is 5.21. The summed E-state index contributed by atoms with van der Waals surface area (Å²) >= 11 is 0. The van der Waals surface area contributed by atoms with Crippen LogP contribution >= 0.6 is 0 Å². The maximum Gasteiger partial charge on any atom is 0.311 e. The minimum Gasteiger partial charge on any atom is -0.481 e. The van der Waals surface area contributed by atoms with Crippen molar-refractivity contribution >= 4 is 11.7 Å². The van der Waals surface area contributed by atoms with Gasteiger partial charge in [-0.3, -0.25) is 4.79 Å². The first-order chi connectivity index (χ1) is 10.1. The number of carboxylic acid groups (broad SMARTS) is 1. The van der Waals surface area contributed by atoms with Crippen LogP contribution in [0.25, 0.3) is 0 Å². The second-order valence-corrected chi connectivity index (χ2v) is 6.80. The number of carbonyl (C=O) groups is 1. The van der Waals surface area contributed by atoms with Crippen LogP contribution in [0.15, 0.2) is 18.2 Å². The normalized spacial score (nSPS) is 20.9. The fourth-order valence-electron chi connectivity index (χ4n) is 4.00. The Morgan fingerprint density at radius 3 is 2.71 bits per heavy atom. The average molecular weight is 287 g/mol. The molecule has 1 aliphatic carbocycles. The van der Waals surface area contributed by atoms with Gasteiger partial charge in [-0.05, 0) is 44.2 Å². The fraction of sp³-hybridized carbons (Fsp3) is 0.611. The quantitative estimate of drug-likeness (QED) is 0.919. The van der Waals surface area contributed by atoms with Crippen molar-refractivity contribution < 1.29 is 9.90 Å². The van der Waals surface area contributed by atoms with Crippen molar-refractivity contribution in [2.75, 3.05) is 18.0 Å². The molecule has 0 saturated heterocycles. The highest BCUT2D eigenvalue weighted by Crippen LogP contribution is 2.40. The molecule has 0 atom stereocenters. The first-order valence-electron chi connectivity index (χ1n) is 8.19. The zero-order valence-electron chi connectivity index (χ0n) is 12.9. The molecule has 21 heavy (non-hydrogen) atoms. The maximum absolute atomic E-state index is 11.9. The second-order valence-electron chi connectivity index (χ2n) is 6.80. The van der Waals surface area contributed by atoms with E-state index in [9.17, 15) is 9.90 Å². The maximum atomic E-state index is 11.9. The van der Waals surface area contributed by atoms with E-state index in [2.05, 4.69) is 30.0 Å². The van der Waals surface area contributed by atoms with E-state index in [1.54, 1.807) is 0 Å². The van der Waals surface area contributed by atoms with Gasteiger partial charge in [-0.1, -0.05) is 37.0 Å². The van der Waals surface area contributed by atoms with Gasteiger partial charge in [0.15, 0.2) is 0 Å². The lowest BCUT2D eigenvalue weighted by Crippen LogP contribution is -2.46. The van der Waals surface area contributed by atoms with Crippen molar-refractivity contribution in [3.63, 3.8) is 0 Å². The molecule has 0 unspecified atom stereocenters. The predicted molar refractivity (Wildman–Crippen MR) is 84.9 cm³/mol. The summed E-state index contributed by atoms with van der Waals surface area (Å²) in [5, 5.41) is 9.78. The lowest BCUT2D eigenvalue weighted by Gasteiger charge is -2.41. The largest absolute Gasteiger partial charge is 0.481 e. The molecule has 1 fully saturated rings. The van der Waals surface area contributed by atoms with Crippen molar-refractivity contribution in [2.45, 2.75) is 51.9 Å². The Hall–Kier alpha value is -1.51. The van der Waals surface area contributed by atoms with Gasteiger partial charge >= 0.3 is 5.97 Å². The summed E-state index contributed by atoms with van der Waals surface area (Å²) < 4.78 is 0. The molecule has 2 aliphatic rings. The first-order valence-corrected chi connectivity index (χ1v) is 8.19. The molecule has 0 spiro atoms. The average Bonchev–Trinajstić information content (AvgIpc) is 2.48. The number of aliphatic carboxylic acids is 1. The fourth-order valence-corrected chi connectivity index (χ4v) is 4.00. The van der Waals surface area contributed by atoms with Gasteiger partial charge in [-0.15, -0.1) is 0 Å². The molecule has 114 valence electrons. The van der Waals surface area contributed by atoms with Crippen molar-refractivity contribution in [3.05, 3.63) is 29.3 Å². The summed E-state index contributed by atoms with van der Waals surface area (Å²) in [5.41, 5.74) is 3.41. The van der Waals surface area contributed by atoms with Crippen LogP contribution in [0, 0.1) is 12.3 Å². The zero-order chi connectivity index (χ0) is 14.9. The highest BCUT2D eigenvalue weighted by molar-refractivity contribution is 5.76. The third-order valence-corrected chi connectivity index (χ3v) is 5.21. The molecular formula is C18H25NO2. The number of benzene rings is 1. The third kappa shape index (κ3) is 2.78. The smallest absolute Gasteiger partial charge is 0.311 e. The minimum atomic E-state index is -0.596. The number of hydrogen-bond acceptors (Lipinski definition) is 2. The molecule has 0 bridgehead atoms. The highest BCUT2D eigenvalue weighted by Gasteiger charge is 2.41. The van der Waals surface area contributed by atoms with Gasteiger partial charge < -0.3 is 10.0 Å². The molecule has 0 amide bonds. The standard InChI is InChI=1S/C18H25NO2/c1-14-7-8-16-15(12-14)6-5-11-19(16)13-18(17(20)21)9-3-2-4-10-18/h7-8,12H,2-6,9-11,13H2,1H3,(H,20,21). The second kappa shape index (κ2) is 5.70. The van der Waals surface area contributed by atoms with Gasteiger partial charge in [0.1, 0.15) is 0 Å². The Bertz CT molecular complexity index is 532. The Balaban J connectivity index is 1.86. The summed E-state index contributed by atoms with van der Waals surface area (Å²) in [5.74, 6) is -0.596. The number of nitrogens with zero attached hydrogens (tertiary/aromatic N) is 1. The molecule has 1 N–H and O–H groups in total. The molecule has 0 radical (unpaired) electrons. The Labute approximate surface area is 127 Å². The molecular weight excluding hydrogens is 262 g/mol. The summed E-state index contributed by atoms with van der Waals surface area (Å²) in [6.07, 6.45) is 7.21. The molecule has 1 aromatic carbocycles. The SMILES string of the molecule is Cc1ccc2c(c1)CCCN2CC1(C(=O)O)CCCCC1. The van der Waals surface area contributed by atoms with Crippen LogP contribution in [0.2, 0.25) is 0 Å². The number of aryl methyl sites for hydroxylation is 2. The van der Waals surface area contributed by atoms with Gasteiger partial charge in [-0.25, -0.2) is 0 Å².